The van der Waals surface area contributed by atoms with Crippen molar-refractivity contribution in [3.8, 4) is 5.75 Å². The third kappa shape index (κ3) is 6.84. The SMILES string of the molecule is CCOc1ccc(N(CC)S(=O)(=O)N2CCCC(C(=O)NCCN3CCN(CC)CC3)C2)cc1. The van der Waals surface area contributed by atoms with E-state index in [-0.39, 0.29) is 18.4 Å². The van der Waals surface area contributed by atoms with Gasteiger partial charge in [-0.3, -0.25) is 14.0 Å². The highest BCUT2D eigenvalue weighted by Gasteiger charge is 2.35. The molecule has 192 valence electrons. The normalized spacial score (nSPS) is 20.7. The third-order valence-electron chi connectivity index (χ3n) is 6.72. The number of rotatable bonds is 11. The molecule has 0 aliphatic carbocycles. The summed E-state index contributed by atoms with van der Waals surface area (Å²) < 4.78 is 35.2. The molecule has 1 N–H and O–H groups in total. The summed E-state index contributed by atoms with van der Waals surface area (Å²) in [6.07, 6.45) is 1.39. The van der Waals surface area contributed by atoms with Crippen LogP contribution in [-0.4, -0.2) is 100 Å². The first-order valence-electron chi connectivity index (χ1n) is 12.6. The molecule has 3 rings (SSSR count). The van der Waals surface area contributed by atoms with Crippen LogP contribution in [0.3, 0.4) is 0 Å². The molecule has 1 amide bonds. The molecule has 0 saturated carbocycles. The lowest BCUT2D eigenvalue weighted by molar-refractivity contribution is -0.126. The zero-order chi connectivity index (χ0) is 24.6. The first kappa shape index (κ1) is 26.7. The summed E-state index contributed by atoms with van der Waals surface area (Å²) in [5, 5.41) is 3.05. The Kier molecular flexibility index (Phi) is 9.99. The third-order valence-corrected chi connectivity index (χ3v) is 8.73. The maximum absolute atomic E-state index is 13.4. The molecule has 10 heteroatoms. The summed E-state index contributed by atoms with van der Waals surface area (Å²) in [6.45, 7) is 14.1. The van der Waals surface area contributed by atoms with Crippen LogP contribution in [0, 0.1) is 5.92 Å². The molecular formula is C24H41N5O4S. The summed E-state index contributed by atoms with van der Waals surface area (Å²) in [5.41, 5.74) is 0.598. The highest BCUT2D eigenvalue weighted by Crippen LogP contribution is 2.27. The lowest BCUT2D eigenvalue weighted by Crippen LogP contribution is -2.51. The Morgan fingerprint density at radius 2 is 1.74 bits per heavy atom. The van der Waals surface area contributed by atoms with Gasteiger partial charge in [0.2, 0.25) is 5.91 Å². The second-order valence-corrected chi connectivity index (χ2v) is 10.7. The van der Waals surface area contributed by atoms with Crippen molar-refractivity contribution in [2.75, 3.05) is 76.4 Å². The lowest BCUT2D eigenvalue weighted by atomic mass is 9.99. The Hall–Kier alpha value is -1.88. The highest BCUT2D eigenvalue weighted by molar-refractivity contribution is 7.90. The first-order chi connectivity index (χ1) is 16.4. The maximum Gasteiger partial charge on any atom is 0.304 e. The number of carbonyl (C=O) groups excluding carboxylic acids is 1. The zero-order valence-electron chi connectivity index (χ0n) is 20.9. The molecule has 1 aromatic rings. The van der Waals surface area contributed by atoms with Gasteiger partial charge in [-0.2, -0.15) is 12.7 Å². The quantitative estimate of drug-likeness (QED) is 0.502. The number of nitrogens with one attached hydrogen (secondary N) is 1. The van der Waals surface area contributed by atoms with Crippen LogP contribution in [0.15, 0.2) is 24.3 Å². The van der Waals surface area contributed by atoms with E-state index in [4.69, 9.17) is 4.74 Å². The van der Waals surface area contributed by atoms with Crippen LogP contribution in [0.1, 0.15) is 33.6 Å². The molecule has 1 atom stereocenters. The predicted molar refractivity (Wildman–Crippen MR) is 135 cm³/mol. The largest absolute Gasteiger partial charge is 0.494 e. The van der Waals surface area contributed by atoms with E-state index in [9.17, 15) is 13.2 Å². The number of likely N-dealkylation sites (N-methyl/N-ethyl adjacent to an activating group) is 1. The second kappa shape index (κ2) is 12.7. The highest BCUT2D eigenvalue weighted by atomic mass is 32.2. The minimum absolute atomic E-state index is 0.0452. The van der Waals surface area contributed by atoms with E-state index >= 15 is 0 Å². The fourth-order valence-electron chi connectivity index (χ4n) is 4.67. The molecule has 2 saturated heterocycles. The molecule has 0 bridgehead atoms. The number of anilines is 1. The van der Waals surface area contributed by atoms with Crippen molar-refractivity contribution < 1.29 is 17.9 Å². The number of hydrogen-bond donors (Lipinski definition) is 1. The number of piperidine rings is 1. The first-order valence-corrected chi connectivity index (χ1v) is 14.0. The number of ether oxygens (including phenoxy) is 1. The molecule has 0 spiro atoms. The Bertz CT molecular complexity index is 872. The van der Waals surface area contributed by atoms with Crippen LogP contribution in [-0.2, 0) is 15.0 Å². The smallest absolute Gasteiger partial charge is 0.304 e. The monoisotopic (exact) mass is 495 g/mol. The average Bonchev–Trinajstić information content (AvgIpc) is 2.86. The van der Waals surface area contributed by atoms with Crippen LogP contribution < -0.4 is 14.4 Å². The fourth-order valence-corrected chi connectivity index (χ4v) is 6.39. The topological polar surface area (TPSA) is 85.4 Å². The Labute approximate surface area is 205 Å². The van der Waals surface area contributed by atoms with Gasteiger partial charge >= 0.3 is 10.2 Å². The molecule has 2 aliphatic rings. The minimum atomic E-state index is -3.73. The van der Waals surface area contributed by atoms with Gasteiger partial charge in [-0.25, -0.2) is 0 Å². The molecule has 2 fully saturated rings. The molecule has 34 heavy (non-hydrogen) atoms. The van der Waals surface area contributed by atoms with Gasteiger partial charge in [-0.15, -0.1) is 0 Å². The molecule has 0 aromatic heterocycles. The Morgan fingerprint density at radius 1 is 1.06 bits per heavy atom. The van der Waals surface area contributed by atoms with Crippen molar-refractivity contribution in [1.82, 2.24) is 19.4 Å². The van der Waals surface area contributed by atoms with Crippen molar-refractivity contribution in [3.63, 3.8) is 0 Å². The van der Waals surface area contributed by atoms with E-state index < -0.39 is 10.2 Å². The molecule has 0 radical (unpaired) electrons. The van der Waals surface area contributed by atoms with Gasteiger partial charge in [-0.05, 0) is 57.5 Å². The van der Waals surface area contributed by atoms with Crippen molar-refractivity contribution >= 4 is 21.8 Å². The van der Waals surface area contributed by atoms with Crippen LogP contribution >= 0.6 is 0 Å². The van der Waals surface area contributed by atoms with E-state index in [1.165, 1.54) is 8.61 Å². The van der Waals surface area contributed by atoms with E-state index in [0.717, 1.165) is 39.3 Å². The number of piperazine rings is 1. The van der Waals surface area contributed by atoms with E-state index in [1.807, 2.05) is 13.8 Å². The Balaban J connectivity index is 1.54. The summed E-state index contributed by atoms with van der Waals surface area (Å²) in [5.74, 6) is 0.345. The lowest BCUT2D eigenvalue weighted by Gasteiger charge is -2.36. The van der Waals surface area contributed by atoms with Crippen LogP contribution in [0.4, 0.5) is 5.69 Å². The Morgan fingerprint density at radius 3 is 2.35 bits per heavy atom. The minimum Gasteiger partial charge on any atom is -0.494 e. The number of nitrogens with zero attached hydrogens (tertiary/aromatic N) is 4. The van der Waals surface area contributed by atoms with Crippen molar-refractivity contribution in [1.29, 1.82) is 0 Å². The average molecular weight is 496 g/mol. The van der Waals surface area contributed by atoms with E-state index in [1.54, 1.807) is 24.3 Å². The predicted octanol–water partition coefficient (Wildman–Crippen LogP) is 1.62. The van der Waals surface area contributed by atoms with Crippen molar-refractivity contribution in [3.05, 3.63) is 24.3 Å². The van der Waals surface area contributed by atoms with E-state index in [2.05, 4.69) is 22.0 Å². The molecule has 2 heterocycles. The van der Waals surface area contributed by atoms with Gasteiger partial charge in [-0.1, -0.05) is 6.92 Å². The van der Waals surface area contributed by atoms with Gasteiger partial charge in [0.05, 0.1) is 18.2 Å². The van der Waals surface area contributed by atoms with Gasteiger partial charge in [0.15, 0.2) is 0 Å². The molecular weight excluding hydrogens is 454 g/mol. The number of carbonyl (C=O) groups is 1. The van der Waals surface area contributed by atoms with Gasteiger partial charge in [0, 0.05) is 58.9 Å². The zero-order valence-corrected chi connectivity index (χ0v) is 21.7. The summed E-state index contributed by atoms with van der Waals surface area (Å²) in [7, 11) is -3.73. The fraction of sp³-hybridized carbons (Fsp3) is 0.708. The maximum atomic E-state index is 13.4. The second-order valence-electron chi connectivity index (χ2n) is 8.86. The summed E-state index contributed by atoms with van der Waals surface area (Å²) in [4.78, 5) is 17.6. The molecule has 2 aliphatic heterocycles. The summed E-state index contributed by atoms with van der Waals surface area (Å²) in [6, 6.07) is 7.10. The van der Waals surface area contributed by atoms with Crippen molar-refractivity contribution in [2.45, 2.75) is 33.6 Å². The van der Waals surface area contributed by atoms with Gasteiger partial charge in [0.25, 0.3) is 0 Å². The van der Waals surface area contributed by atoms with Gasteiger partial charge < -0.3 is 15.0 Å². The van der Waals surface area contributed by atoms with Crippen LogP contribution in [0.25, 0.3) is 0 Å². The number of benzene rings is 1. The van der Waals surface area contributed by atoms with E-state index in [0.29, 0.717) is 50.5 Å². The van der Waals surface area contributed by atoms with Gasteiger partial charge in [0.1, 0.15) is 5.75 Å². The number of amides is 1. The van der Waals surface area contributed by atoms with Crippen molar-refractivity contribution in [2.24, 2.45) is 5.92 Å². The molecule has 1 unspecified atom stereocenters. The molecule has 1 aromatic carbocycles. The standard InChI is InChI=1S/C24H41N5O4S/c1-4-26-16-18-27(19-17-26)15-13-25-24(30)21-8-7-14-28(20-21)34(31,32)29(5-2)22-9-11-23(12-10-22)33-6-3/h9-12,21H,4-8,13-20H2,1-3H3,(H,25,30). The van der Waals surface area contributed by atoms with Crippen LogP contribution in [0.5, 0.6) is 5.75 Å². The summed E-state index contributed by atoms with van der Waals surface area (Å²) >= 11 is 0. The van der Waals surface area contributed by atoms with Crippen LogP contribution in [0.2, 0.25) is 0 Å². The number of hydrogen-bond acceptors (Lipinski definition) is 6. The molecule has 9 nitrogen and oxygen atoms in total.